The Morgan fingerprint density at radius 1 is 0.934 bits per heavy atom. The maximum absolute atomic E-state index is 17.9. The predicted molar refractivity (Wildman–Crippen MR) is 275 cm³/mol. The topological polar surface area (TPSA) is 217 Å². The number of hydrogen-bond acceptors (Lipinski definition) is 13. The molecule has 76 heavy (non-hydrogen) atoms. The number of quaternary nitrogens is 1. The first kappa shape index (κ1) is 61.6. The maximum atomic E-state index is 17.9. The zero-order valence-electron chi connectivity index (χ0n) is 44.9. The van der Waals surface area contributed by atoms with E-state index in [4.69, 9.17) is 28.2 Å². The molecule has 1 saturated heterocycles. The second kappa shape index (κ2) is 25.2. The number of benzene rings is 2. The van der Waals surface area contributed by atoms with E-state index in [1.165, 1.54) is 30.7 Å². The first-order chi connectivity index (χ1) is 35.5. The van der Waals surface area contributed by atoms with Gasteiger partial charge in [-0.2, -0.15) is 0 Å². The average molecular weight is 1110 g/mol. The number of carbonyl (C=O) groups is 3. The van der Waals surface area contributed by atoms with Crippen molar-refractivity contribution in [1.29, 1.82) is 0 Å². The number of fused-ring (bicyclic) bond motifs is 7. The summed E-state index contributed by atoms with van der Waals surface area (Å²) in [7, 11) is -4.98. The van der Waals surface area contributed by atoms with Crippen LogP contribution in [-0.4, -0.2) is 137 Å². The summed E-state index contributed by atoms with van der Waals surface area (Å²) in [5, 5.41) is 26.4. The van der Waals surface area contributed by atoms with Gasteiger partial charge in [-0.1, -0.05) is 62.2 Å². The molecule has 1 heterocycles. The van der Waals surface area contributed by atoms with E-state index in [9.17, 15) is 38.9 Å². The maximum Gasteiger partial charge on any atom is 0.524 e. The molecule has 5 aliphatic rings. The Labute approximate surface area is 452 Å². The van der Waals surface area contributed by atoms with Crippen molar-refractivity contribution in [3.05, 3.63) is 89.0 Å². The van der Waals surface area contributed by atoms with E-state index in [0.717, 1.165) is 64.2 Å². The number of phosphoric ester groups is 1. The van der Waals surface area contributed by atoms with E-state index in [1.54, 1.807) is 32.9 Å². The number of unbranched alkanes of at least 4 members (excludes halogenated alkanes) is 4. The van der Waals surface area contributed by atoms with E-state index in [0.29, 0.717) is 30.8 Å². The van der Waals surface area contributed by atoms with Crippen molar-refractivity contribution >= 4 is 25.5 Å². The molecule has 7 rings (SSSR count). The number of nitrogens with one attached hydrogen (secondary N) is 1. The third kappa shape index (κ3) is 13.0. The van der Waals surface area contributed by atoms with Gasteiger partial charge in [0.05, 0.1) is 31.4 Å². The molecule has 1 aliphatic heterocycles. The third-order valence-electron chi connectivity index (χ3n) is 17.3. The molecule has 0 aromatic heterocycles. The Hall–Kier alpha value is -3.65. The Bertz CT molecular complexity index is 2440. The molecule has 2 aromatic rings. The first-order valence-electron chi connectivity index (χ1n) is 26.9. The lowest BCUT2D eigenvalue weighted by molar-refractivity contribution is -0.937. The minimum atomic E-state index is -4.98. The van der Waals surface area contributed by atoms with Crippen molar-refractivity contribution in [3.8, 4) is 5.75 Å². The summed E-state index contributed by atoms with van der Waals surface area (Å²) in [6.45, 7) is 13.2. The van der Waals surface area contributed by atoms with Crippen molar-refractivity contribution < 1.29 is 92.8 Å². The van der Waals surface area contributed by atoms with Gasteiger partial charge >= 0.3 is 14.0 Å². The fourth-order valence-corrected chi connectivity index (χ4v) is 13.6. The number of rotatable bonds is 27. The molecule has 5 N–H and O–H groups in total. The Morgan fingerprint density at radius 3 is 2.33 bits per heavy atom. The van der Waals surface area contributed by atoms with E-state index in [1.807, 2.05) is 19.9 Å². The molecule has 2 aromatic carbocycles. The summed E-state index contributed by atoms with van der Waals surface area (Å²) in [6, 6.07) is 15.1. The lowest BCUT2D eigenvalue weighted by Gasteiger charge is -2.63. The van der Waals surface area contributed by atoms with Crippen LogP contribution in [0, 0.1) is 22.7 Å². The minimum absolute atomic E-state index is 0. The van der Waals surface area contributed by atoms with Crippen LogP contribution < -0.4 is 22.2 Å². The van der Waals surface area contributed by atoms with Gasteiger partial charge in [0, 0.05) is 42.1 Å². The van der Waals surface area contributed by atoms with Crippen molar-refractivity contribution in [3.63, 3.8) is 0 Å². The number of alkyl halides is 2. The van der Waals surface area contributed by atoms with Crippen LogP contribution in [0.25, 0.3) is 0 Å². The molecule has 0 spiro atoms. The number of hydrogen-bond donors (Lipinski definition) is 5. The number of allylic oxidation sites excluding steroid dienone is 4. The molecule has 424 valence electrons. The van der Waals surface area contributed by atoms with Crippen molar-refractivity contribution in [2.75, 3.05) is 59.2 Å². The van der Waals surface area contributed by atoms with Gasteiger partial charge in [-0.15, -0.1) is 0 Å². The fraction of sp³-hybridized carbons (Fsp3) is 0.661. The van der Waals surface area contributed by atoms with E-state index in [2.05, 4.69) is 29.6 Å². The number of carbonyl (C=O) groups excluding carboxylic acids is 3. The van der Waals surface area contributed by atoms with E-state index >= 15 is 8.78 Å². The molecule has 0 bridgehead atoms. The molecule has 4 aliphatic carbocycles. The van der Waals surface area contributed by atoms with Crippen LogP contribution >= 0.6 is 7.82 Å². The molecule has 16 nitrogen and oxygen atoms in total. The largest absolute Gasteiger partial charge is 1.00 e. The number of phosphoric acid groups is 1. The number of aliphatic hydroxyl groups excluding tert-OH is 2. The summed E-state index contributed by atoms with van der Waals surface area (Å²) in [5.74, 6) is -4.29. The lowest BCUT2D eigenvalue weighted by Crippen LogP contribution is -3.00. The summed E-state index contributed by atoms with van der Waals surface area (Å²) in [5.41, 5.74) is -4.85. The SMILES string of the molecule is CC[N+](CC)(CCOC(=O)OCC(=O)[C@@]12OC(C)(C)O[C@@H]1C[C@H]1[C@@H]3C[C@H](F)C4=CC(=O)C=C[C@]4(C)[C@@]3(F)[C@@H](O)C[C@@]12C)Cc1cc(C(O)CNCCCCCCOCCCCc2ccccc2)ccc1OP(=O)(O)O.[Cl-]. The molecule has 0 radical (unpaired) electrons. The third-order valence-corrected chi connectivity index (χ3v) is 17.7. The number of ketones is 2. The van der Waals surface area contributed by atoms with E-state index < -0.39 is 96.4 Å². The molecule has 1 unspecified atom stereocenters. The van der Waals surface area contributed by atoms with Gasteiger partial charge in [0.2, 0.25) is 5.78 Å². The number of ether oxygens (including phenoxy) is 5. The number of aryl methyl sites for hydroxylation is 1. The molecular formula is C56H80ClF2N2O14P. The molecule has 4 fully saturated rings. The van der Waals surface area contributed by atoms with Gasteiger partial charge in [0.25, 0.3) is 0 Å². The van der Waals surface area contributed by atoms with Gasteiger partial charge in [-0.05, 0) is 139 Å². The predicted octanol–water partition coefficient (Wildman–Crippen LogP) is 5.28. The molecule has 3 saturated carbocycles. The highest BCUT2D eigenvalue weighted by molar-refractivity contribution is 7.46. The van der Waals surface area contributed by atoms with Crippen molar-refractivity contribution in [1.82, 2.24) is 5.32 Å². The second-order valence-electron chi connectivity index (χ2n) is 22.2. The smallest absolute Gasteiger partial charge is 0.524 e. The summed E-state index contributed by atoms with van der Waals surface area (Å²) in [4.78, 5) is 59.8. The summed E-state index contributed by atoms with van der Waals surface area (Å²) < 4.78 is 81.1. The molecular weight excluding hydrogens is 1030 g/mol. The zero-order valence-corrected chi connectivity index (χ0v) is 46.5. The van der Waals surface area contributed by atoms with Gasteiger partial charge in [-0.25, -0.2) is 18.1 Å². The van der Waals surface area contributed by atoms with Gasteiger partial charge in [-0.3, -0.25) is 19.4 Å². The van der Waals surface area contributed by atoms with Gasteiger partial charge in [0.1, 0.15) is 31.6 Å². The van der Waals surface area contributed by atoms with Crippen LogP contribution in [0.2, 0.25) is 0 Å². The van der Waals surface area contributed by atoms with Crippen LogP contribution in [0.3, 0.4) is 0 Å². The average Bonchev–Trinajstić information content (AvgIpc) is 3.78. The van der Waals surface area contributed by atoms with Crippen molar-refractivity contribution in [2.45, 2.75) is 154 Å². The van der Waals surface area contributed by atoms with Crippen LogP contribution in [0.4, 0.5) is 13.6 Å². The van der Waals surface area contributed by atoms with E-state index in [-0.39, 0.29) is 73.7 Å². The van der Waals surface area contributed by atoms with Gasteiger partial charge < -0.3 is 60.6 Å². The number of halogens is 3. The van der Waals surface area contributed by atoms with Crippen LogP contribution in [0.15, 0.2) is 72.3 Å². The molecule has 0 amide bonds. The normalized spacial score (nSPS) is 29.8. The van der Waals surface area contributed by atoms with Crippen LogP contribution in [0.1, 0.15) is 122 Å². The van der Waals surface area contributed by atoms with Gasteiger partial charge in [0.15, 0.2) is 29.4 Å². The highest BCUT2D eigenvalue weighted by Crippen LogP contribution is 2.72. The Kier molecular flexibility index (Phi) is 20.4. The number of nitrogens with zero attached hydrogens (tertiary/aromatic N) is 1. The van der Waals surface area contributed by atoms with Crippen molar-refractivity contribution in [2.24, 2.45) is 22.7 Å². The number of aliphatic hydroxyl groups is 2. The second-order valence-corrected chi connectivity index (χ2v) is 23.4. The first-order valence-corrected chi connectivity index (χ1v) is 28.4. The lowest BCUT2D eigenvalue weighted by atomic mass is 9.44. The Balaban J connectivity index is 0.00000937. The molecule has 20 heteroatoms. The minimum Gasteiger partial charge on any atom is -1.00 e. The molecule has 10 atom stereocenters. The summed E-state index contributed by atoms with van der Waals surface area (Å²) >= 11 is 0. The quantitative estimate of drug-likeness (QED) is 0.0333. The standard InChI is InChI=1S/C56H79F2N2O14P.ClH/c1-7-60(8-2,36-40-30-39(21-22-47(40)73-75(66,67)68)46(62)35-59-25-15-9-10-16-27-69-28-17-14-20-38-18-12-11-13-19-38)26-29-70-51(65)71-37-49(64)56-50(72-52(3,4)74-56)33-42-43-32-45(57)44-31-41(61)23-24-53(44,5)55(43,58)48(63)34-54(42,56)6;/h11-13,18-19,21-24,30-31,42-43,45-46,48,50,59,62-63H,7-10,14-17,20,25-29,32-37H2,1-6H3,(H-,66,67,68);1H/t42-,43-,45-,46?,48-,50+,53-,54-,55-,56+;/m0./s1. The van der Waals surface area contributed by atoms with Crippen LogP contribution in [0.5, 0.6) is 5.75 Å². The summed E-state index contributed by atoms with van der Waals surface area (Å²) in [6.07, 6.45) is 3.93. The monoisotopic (exact) mass is 1110 g/mol. The number of likely N-dealkylation sites (N-methyl/N-ethyl adjacent to an activating group) is 1. The highest BCUT2D eigenvalue weighted by Gasteiger charge is 2.80. The highest BCUT2D eigenvalue weighted by atomic mass is 35.5. The number of Topliss-reactive ketones (excluding diaryl/α,β-unsaturated/α-hetero) is 1. The zero-order chi connectivity index (χ0) is 54.5. The fourth-order valence-electron chi connectivity index (χ4n) is 13.2. The Morgan fingerprint density at radius 2 is 1.63 bits per heavy atom. The van der Waals surface area contributed by atoms with Crippen LogP contribution in [-0.2, 0) is 50.8 Å².